The Morgan fingerprint density at radius 2 is 1.61 bits per heavy atom. The number of carbonyl (C=O) groups excluding carboxylic acids is 2. The van der Waals surface area contributed by atoms with Crippen molar-refractivity contribution in [2.75, 3.05) is 32.1 Å². The van der Waals surface area contributed by atoms with Gasteiger partial charge in [0.25, 0.3) is 11.8 Å². The monoisotopic (exact) mass is 506 g/mol. The smallest absolute Gasteiger partial charge is 0.267 e. The number of nitrogens with zero attached hydrogens (tertiary/aromatic N) is 3. The lowest BCUT2D eigenvalue weighted by Crippen LogP contribution is -2.31. The first-order chi connectivity index (χ1) is 18.4. The van der Waals surface area contributed by atoms with E-state index in [0.29, 0.717) is 30.9 Å². The minimum absolute atomic E-state index is 0.0573. The molecule has 2 heterocycles. The number of benzene rings is 3. The van der Waals surface area contributed by atoms with E-state index in [1.54, 1.807) is 0 Å². The Labute approximate surface area is 224 Å². The number of carbonyl (C=O) groups is 2. The van der Waals surface area contributed by atoms with Crippen molar-refractivity contribution < 1.29 is 9.59 Å². The standard InChI is InChI=1S/C32H34N4O2/c1-23-9-4-6-11-28(23)24-13-15-25(16-14-24)32(38)36-22-27-17-18-30(31(37)33-19-8-20-34(2)3)35(27)21-26-10-5-7-12-29(26)36/h4-7,9-18H,8,19-22H2,1-3H3,(H,33,37). The fraction of sp³-hybridized carbons (Fsp3) is 0.250. The summed E-state index contributed by atoms with van der Waals surface area (Å²) in [5, 5.41) is 3.05. The molecule has 0 spiro atoms. The lowest BCUT2D eigenvalue weighted by molar-refractivity contribution is 0.0942. The minimum Gasteiger partial charge on any atom is -0.351 e. The van der Waals surface area contributed by atoms with Crippen molar-refractivity contribution in [1.82, 2.24) is 14.8 Å². The molecule has 2 amide bonds. The number of anilines is 1. The van der Waals surface area contributed by atoms with E-state index < -0.39 is 0 Å². The van der Waals surface area contributed by atoms with Crippen LogP contribution in [0, 0.1) is 6.92 Å². The number of hydrogen-bond donors (Lipinski definition) is 1. The van der Waals surface area contributed by atoms with Gasteiger partial charge in [0.2, 0.25) is 0 Å². The van der Waals surface area contributed by atoms with Gasteiger partial charge in [0.15, 0.2) is 0 Å². The van der Waals surface area contributed by atoms with Gasteiger partial charge in [0, 0.05) is 23.5 Å². The van der Waals surface area contributed by atoms with Gasteiger partial charge in [-0.15, -0.1) is 0 Å². The highest BCUT2D eigenvalue weighted by molar-refractivity contribution is 6.07. The normalized spacial score (nSPS) is 12.6. The summed E-state index contributed by atoms with van der Waals surface area (Å²) in [4.78, 5) is 30.8. The third-order valence-electron chi connectivity index (χ3n) is 7.14. The molecule has 0 bridgehead atoms. The largest absolute Gasteiger partial charge is 0.351 e. The van der Waals surface area contributed by atoms with Crippen LogP contribution in [0.5, 0.6) is 0 Å². The van der Waals surface area contributed by atoms with E-state index in [-0.39, 0.29) is 11.8 Å². The second-order valence-electron chi connectivity index (χ2n) is 10.1. The maximum absolute atomic E-state index is 13.8. The molecule has 0 atom stereocenters. The summed E-state index contributed by atoms with van der Waals surface area (Å²) in [6.07, 6.45) is 0.889. The van der Waals surface area contributed by atoms with Crippen molar-refractivity contribution in [2.45, 2.75) is 26.4 Å². The van der Waals surface area contributed by atoms with Gasteiger partial charge in [-0.1, -0.05) is 54.6 Å². The summed E-state index contributed by atoms with van der Waals surface area (Å²) in [5.41, 5.74) is 7.53. The SMILES string of the molecule is Cc1ccccc1-c1ccc(C(=O)N2Cc3ccc(C(=O)NCCCN(C)C)n3Cc3ccccc32)cc1. The van der Waals surface area contributed by atoms with E-state index in [2.05, 4.69) is 29.3 Å². The zero-order valence-electron chi connectivity index (χ0n) is 22.3. The molecule has 0 fully saturated rings. The van der Waals surface area contributed by atoms with E-state index in [0.717, 1.165) is 41.0 Å². The quantitative estimate of drug-likeness (QED) is 0.344. The lowest BCUT2D eigenvalue weighted by Gasteiger charge is -2.23. The topological polar surface area (TPSA) is 57.6 Å². The Balaban J connectivity index is 1.41. The lowest BCUT2D eigenvalue weighted by atomic mass is 9.99. The van der Waals surface area contributed by atoms with E-state index in [4.69, 9.17) is 0 Å². The van der Waals surface area contributed by atoms with Crippen LogP contribution in [0.3, 0.4) is 0 Å². The summed E-state index contributed by atoms with van der Waals surface area (Å²) in [6, 6.07) is 27.9. The summed E-state index contributed by atoms with van der Waals surface area (Å²) in [5.74, 6) is -0.142. The summed E-state index contributed by atoms with van der Waals surface area (Å²) in [7, 11) is 4.05. The van der Waals surface area contributed by atoms with Crippen molar-refractivity contribution in [3.8, 4) is 11.1 Å². The second kappa shape index (κ2) is 11.1. The molecule has 0 radical (unpaired) electrons. The fourth-order valence-corrected chi connectivity index (χ4v) is 5.07. The molecule has 6 heteroatoms. The fourth-order valence-electron chi connectivity index (χ4n) is 5.07. The zero-order valence-corrected chi connectivity index (χ0v) is 22.3. The van der Waals surface area contributed by atoms with E-state index >= 15 is 0 Å². The van der Waals surface area contributed by atoms with Crippen LogP contribution in [-0.4, -0.2) is 48.5 Å². The molecule has 38 heavy (non-hydrogen) atoms. The van der Waals surface area contributed by atoms with E-state index in [1.165, 1.54) is 5.56 Å². The van der Waals surface area contributed by atoms with Gasteiger partial charge >= 0.3 is 0 Å². The third kappa shape index (κ3) is 5.27. The maximum atomic E-state index is 13.8. The predicted molar refractivity (Wildman–Crippen MR) is 153 cm³/mol. The molecule has 1 aliphatic rings. The Hall–Kier alpha value is -4.16. The molecule has 0 saturated heterocycles. The van der Waals surface area contributed by atoms with Gasteiger partial charge in [-0.05, 0) is 86.6 Å². The van der Waals surface area contributed by atoms with Crippen molar-refractivity contribution in [3.63, 3.8) is 0 Å². The van der Waals surface area contributed by atoms with Crippen LogP contribution in [-0.2, 0) is 13.1 Å². The number of fused-ring (bicyclic) bond motifs is 2. The predicted octanol–water partition coefficient (Wildman–Crippen LogP) is 5.35. The highest BCUT2D eigenvalue weighted by Crippen LogP contribution is 2.31. The zero-order chi connectivity index (χ0) is 26.6. The van der Waals surface area contributed by atoms with Gasteiger partial charge in [-0.2, -0.15) is 0 Å². The average Bonchev–Trinajstić information content (AvgIpc) is 3.24. The van der Waals surface area contributed by atoms with Crippen LogP contribution in [0.1, 0.15) is 44.1 Å². The van der Waals surface area contributed by atoms with E-state index in [9.17, 15) is 9.59 Å². The number of amides is 2. The van der Waals surface area contributed by atoms with Crippen molar-refractivity contribution >= 4 is 17.5 Å². The first kappa shape index (κ1) is 25.5. The molecular weight excluding hydrogens is 472 g/mol. The molecule has 5 rings (SSSR count). The van der Waals surface area contributed by atoms with Gasteiger partial charge in [0.1, 0.15) is 5.69 Å². The molecule has 3 aromatic carbocycles. The third-order valence-corrected chi connectivity index (χ3v) is 7.14. The Kier molecular flexibility index (Phi) is 7.43. The van der Waals surface area contributed by atoms with Gasteiger partial charge in [-0.3, -0.25) is 9.59 Å². The second-order valence-corrected chi connectivity index (χ2v) is 10.1. The summed E-state index contributed by atoms with van der Waals surface area (Å²) >= 11 is 0. The van der Waals surface area contributed by atoms with Gasteiger partial charge in [-0.25, -0.2) is 0 Å². The summed E-state index contributed by atoms with van der Waals surface area (Å²) in [6.45, 7) is 4.56. The number of para-hydroxylation sites is 1. The van der Waals surface area contributed by atoms with E-state index in [1.807, 2.05) is 96.4 Å². The number of hydrogen-bond acceptors (Lipinski definition) is 3. The molecule has 0 unspecified atom stereocenters. The van der Waals surface area contributed by atoms with Crippen LogP contribution in [0.4, 0.5) is 5.69 Å². The first-order valence-corrected chi connectivity index (χ1v) is 13.1. The highest BCUT2D eigenvalue weighted by atomic mass is 16.2. The molecule has 0 aliphatic carbocycles. The average molecular weight is 507 g/mol. The van der Waals surface area contributed by atoms with Crippen LogP contribution < -0.4 is 10.2 Å². The van der Waals surface area contributed by atoms with Crippen molar-refractivity contribution in [3.05, 3.63) is 113 Å². The molecule has 1 N–H and O–H groups in total. The first-order valence-electron chi connectivity index (χ1n) is 13.1. The molecule has 1 aromatic heterocycles. The van der Waals surface area contributed by atoms with Gasteiger partial charge < -0.3 is 19.7 Å². The molecule has 6 nitrogen and oxygen atoms in total. The number of aromatic nitrogens is 1. The minimum atomic E-state index is -0.0842. The maximum Gasteiger partial charge on any atom is 0.267 e. The van der Waals surface area contributed by atoms with Crippen molar-refractivity contribution in [1.29, 1.82) is 0 Å². The number of aryl methyl sites for hydroxylation is 1. The van der Waals surface area contributed by atoms with Gasteiger partial charge in [0.05, 0.1) is 13.1 Å². The van der Waals surface area contributed by atoms with Crippen molar-refractivity contribution in [2.24, 2.45) is 0 Å². The molecular formula is C32H34N4O2. The van der Waals surface area contributed by atoms with Crippen LogP contribution in [0.2, 0.25) is 0 Å². The Bertz CT molecular complexity index is 1450. The molecule has 0 saturated carbocycles. The van der Waals surface area contributed by atoms with Crippen LogP contribution >= 0.6 is 0 Å². The van der Waals surface area contributed by atoms with Crippen LogP contribution in [0.15, 0.2) is 84.9 Å². The molecule has 4 aromatic rings. The Morgan fingerprint density at radius 1 is 0.868 bits per heavy atom. The van der Waals surface area contributed by atoms with Crippen LogP contribution in [0.25, 0.3) is 11.1 Å². The highest BCUT2D eigenvalue weighted by Gasteiger charge is 2.27. The summed E-state index contributed by atoms with van der Waals surface area (Å²) < 4.78 is 2.04. The molecule has 1 aliphatic heterocycles. The molecule has 194 valence electrons. The number of nitrogens with one attached hydrogen (secondary N) is 1. The Morgan fingerprint density at radius 3 is 2.37 bits per heavy atom. The number of rotatable bonds is 7.